The van der Waals surface area contributed by atoms with E-state index in [4.69, 9.17) is 14.5 Å². The average Bonchev–Trinajstić information content (AvgIpc) is 3.36. The number of nitrogens with one attached hydrogen (secondary N) is 1. The molecule has 0 aliphatic rings. The van der Waals surface area contributed by atoms with Gasteiger partial charge in [-0.15, -0.1) is 0 Å². The van der Waals surface area contributed by atoms with Crippen molar-refractivity contribution < 1.29 is 23.5 Å². The molecule has 1 aromatic heterocycles. The van der Waals surface area contributed by atoms with Crippen molar-refractivity contribution in [2.24, 2.45) is 0 Å². The number of anilines is 1. The molecule has 0 saturated heterocycles. The van der Waals surface area contributed by atoms with Gasteiger partial charge in [0, 0.05) is 31.1 Å². The third-order valence-corrected chi connectivity index (χ3v) is 6.40. The maximum atomic E-state index is 14.3. The van der Waals surface area contributed by atoms with Gasteiger partial charge in [0.15, 0.2) is 0 Å². The van der Waals surface area contributed by atoms with Crippen LogP contribution >= 0.6 is 0 Å². The number of carbonyl (C=O) groups is 2. The second-order valence-corrected chi connectivity index (χ2v) is 9.06. The predicted octanol–water partition coefficient (Wildman–Crippen LogP) is 5.03. The first kappa shape index (κ1) is 27.5. The number of nitrogens with zero attached hydrogens (tertiary/aromatic N) is 3. The summed E-state index contributed by atoms with van der Waals surface area (Å²) in [7, 11) is 3.09. The summed E-state index contributed by atoms with van der Waals surface area (Å²) in [4.78, 5) is 32.3. The summed E-state index contributed by atoms with van der Waals surface area (Å²) in [6, 6.07) is 19.1. The zero-order valence-electron chi connectivity index (χ0n) is 22.4. The summed E-state index contributed by atoms with van der Waals surface area (Å²) in [5.41, 5.74) is 4.42. The van der Waals surface area contributed by atoms with Crippen LogP contribution < -0.4 is 10.1 Å². The number of rotatable bonds is 10. The van der Waals surface area contributed by atoms with Crippen LogP contribution in [0.2, 0.25) is 0 Å². The third-order valence-electron chi connectivity index (χ3n) is 6.40. The Morgan fingerprint density at radius 1 is 1.00 bits per heavy atom. The van der Waals surface area contributed by atoms with Crippen molar-refractivity contribution in [3.05, 3.63) is 95.4 Å². The van der Waals surface area contributed by atoms with Gasteiger partial charge in [0.2, 0.25) is 11.9 Å². The van der Waals surface area contributed by atoms with E-state index in [2.05, 4.69) is 5.32 Å². The summed E-state index contributed by atoms with van der Waals surface area (Å²) in [6.45, 7) is 4.03. The molecule has 39 heavy (non-hydrogen) atoms. The Balaban J connectivity index is 1.64. The maximum Gasteiger partial charge on any atom is 0.257 e. The van der Waals surface area contributed by atoms with Gasteiger partial charge < -0.3 is 14.4 Å². The average molecular weight is 531 g/mol. The molecule has 1 N–H and O–H groups in total. The molecule has 9 heteroatoms. The first-order chi connectivity index (χ1) is 18.8. The normalized spacial score (nSPS) is 10.8. The van der Waals surface area contributed by atoms with Crippen molar-refractivity contribution in [1.29, 1.82) is 0 Å². The molecule has 4 aromatic rings. The van der Waals surface area contributed by atoms with Crippen LogP contribution in [0.15, 0.2) is 72.9 Å². The molecule has 0 aliphatic carbocycles. The molecule has 1 heterocycles. The summed E-state index contributed by atoms with van der Waals surface area (Å²) in [5, 5.41) is 2.84. The Bertz CT molecular complexity index is 1470. The largest absolute Gasteiger partial charge is 0.497 e. The van der Waals surface area contributed by atoms with E-state index in [9.17, 15) is 14.0 Å². The fourth-order valence-corrected chi connectivity index (χ4v) is 4.04. The molecule has 0 unspecified atom stereocenters. The second kappa shape index (κ2) is 12.4. The fourth-order valence-electron chi connectivity index (χ4n) is 4.04. The van der Waals surface area contributed by atoms with Crippen molar-refractivity contribution in [1.82, 2.24) is 14.5 Å². The van der Waals surface area contributed by atoms with Gasteiger partial charge in [0.25, 0.3) is 5.91 Å². The lowest BCUT2D eigenvalue weighted by Gasteiger charge is -2.22. The molecule has 202 valence electrons. The van der Waals surface area contributed by atoms with Crippen LogP contribution in [-0.2, 0) is 9.53 Å². The van der Waals surface area contributed by atoms with Gasteiger partial charge in [-0.05, 0) is 73.5 Å². The van der Waals surface area contributed by atoms with Crippen LogP contribution in [0.5, 0.6) is 5.75 Å². The van der Waals surface area contributed by atoms with Crippen molar-refractivity contribution in [2.45, 2.75) is 13.8 Å². The highest BCUT2D eigenvalue weighted by Gasteiger charge is 2.23. The van der Waals surface area contributed by atoms with Crippen molar-refractivity contribution >= 4 is 17.8 Å². The molecule has 4 rings (SSSR count). The van der Waals surface area contributed by atoms with E-state index in [1.807, 2.05) is 62.5 Å². The van der Waals surface area contributed by atoms with Gasteiger partial charge in [-0.2, -0.15) is 0 Å². The highest BCUT2D eigenvalue weighted by atomic mass is 19.1. The number of hydrogen-bond acceptors (Lipinski definition) is 5. The molecular formula is C30H31FN4O4. The van der Waals surface area contributed by atoms with Crippen molar-refractivity contribution in [2.75, 3.05) is 39.2 Å². The molecule has 0 saturated carbocycles. The highest BCUT2D eigenvalue weighted by Crippen LogP contribution is 2.27. The van der Waals surface area contributed by atoms with E-state index < -0.39 is 17.6 Å². The first-order valence-electron chi connectivity index (χ1n) is 12.4. The lowest BCUT2D eigenvalue weighted by Crippen LogP contribution is -2.40. The molecule has 0 spiro atoms. The summed E-state index contributed by atoms with van der Waals surface area (Å²) >= 11 is 0. The standard InChI is InChI=1S/C30H31FN4O4/c1-20-9-12-23(17-21(20)2)35-18-27(22-10-13-24(39-4)14-11-22)32-30(35)33-28(36)19-34(15-16-38-3)29(37)25-7-5-6-8-26(25)31/h5-14,17-18H,15-16,19H2,1-4H3,(H,32,33,36). The molecule has 3 aromatic carbocycles. The second-order valence-electron chi connectivity index (χ2n) is 9.06. The Morgan fingerprint density at radius 3 is 2.41 bits per heavy atom. The minimum absolute atomic E-state index is 0.111. The fraction of sp³-hybridized carbons (Fsp3) is 0.233. The van der Waals surface area contributed by atoms with Crippen LogP contribution in [0.3, 0.4) is 0 Å². The Hall–Kier alpha value is -4.50. The molecule has 0 aliphatic heterocycles. The Kier molecular flexibility index (Phi) is 8.73. The monoisotopic (exact) mass is 530 g/mol. The Morgan fingerprint density at radius 2 is 1.74 bits per heavy atom. The number of halogens is 1. The first-order valence-corrected chi connectivity index (χ1v) is 12.4. The van der Waals surface area contributed by atoms with Crippen molar-refractivity contribution in [3.8, 4) is 22.7 Å². The lowest BCUT2D eigenvalue weighted by atomic mass is 10.1. The van der Waals surface area contributed by atoms with Crippen LogP contribution in [0, 0.1) is 19.7 Å². The smallest absolute Gasteiger partial charge is 0.257 e. The van der Waals surface area contributed by atoms with Gasteiger partial charge >= 0.3 is 0 Å². The van der Waals surface area contributed by atoms with Crippen LogP contribution in [0.4, 0.5) is 10.3 Å². The van der Waals surface area contributed by atoms with Crippen LogP contribution in [-0.4, -0.2) is 60.2 Å². The van der Waals surface area contributed by atoms with E-state index in [1.165, 1.54) is 30.2 Å². The SMILES string of the molecule is COCCN(CC(=O)Nc1nc(-c2ccc(OC)cc2)cn1-c1ccc(C)c(C)c1)C(=O)c1ccccc1F. The maximum absolute atomic E-state index is 14.3. The lowest BCUT2D eigenvalue weighted by molar-refractivity contribution is -0.117. The molecule has 0 bridgehead atoms. The van der Waals surface area contributed by atoms with E-state index in [1.54, 1.807) is 17.7 Å². The number of imidazole rings is 1. The number of carbonyl (C=O) groups excluding carboxylic acids is 2. The summed E-state index contributed by atoms with van der Waals surface area (Å²) in [5.74, 6) is -0.722. The Labute approximate surface area is 227 Å². The van der Waals surface area contributed by atoms with E-state index in [-0.39, 0.29) is 25.3 Å². The summed E-state index contributed by atoms with van der Waals surface area (Å²) < 4.78 is 26.5. The van der Waals surface area contributed by atoms with E-state index in [0.29, 0.717) is 11.6 Å². The van der Waals surface area contributed by atoms with Gasteiger partial charge in [-0.25, -0.2) is 9.37 Å². The number of benzene rings is 3. The van der Waals surface area contributed by atoms with Gasteiger partial charge in [-0.3, -0.25) is 19.5 Å². The molecule has 2 amide bonds. The molecule has 0 atom stereocenters. The molecule has 0 fully saturated rings. The zero-order chi connectivity index (χ0) is 27.9. The third kappa shape index (κ3) is 6.50. The van der Waals surface area contributed by atoms with Gasteiger partial charge in [0.05, 0.1) is 25.0 Å². The minimum atomic E-state index is -0.653. The van der Waals surface area contributed by atoms with Crippen LogP contribution in [0.1, 0.15) is 21.5 Å². The number of aromatic nitrogens is 2. The molecular weight excluding hydrogens is 499 g/mol. The number of ether oxygens (including phenoxy) is 2. The summed E-state index contributed by atoms with van der Waals surface area (Å²) in [6.07, 6.45) is 1.84. The number of amides is 2. The minimum Gasteiger partial charge on any atom is -0.497 e. The van der Waals surface area contributed by atoms with Gasteiger partial charge in [0.1, 0.15) is 18.1 Å². The van der Waals surface area contributed by atoms with Crippen LogP contribution in [0.25, 0.3) is 16.9 Å². The zero-order valence-corrected chi connectivity index (χ0v) is 22.4. The molecule has 8 nitrogen and oxygen atoms in total. The topological polar surface area (TPSA) is 85.7 Å². The number of hydrogen-bond donors (Lipinski definition) is 1. The number of aryl methyl sites for hydroxylation is 2. The quantitative estimate of drug-likeness (QED) is 0.311. The highest BCUT2D eigenvalue weighted by molar-refractivity contribution is 5.99. The van der Waals surface area contributed by atoms with E-state index >= 15 is 0 Å². The number of methoxy groups -OCH3 is 2. The van der Waals surface area contributed by atoms with Gasteiger partial charge in [-0.1, -0.05) is 18.2 Å². The van der Waals surface area contributed by atoms with E-state index in [0.717, 1.165) is 28.1 Å². The predicted molar refractivity (Wildman–Crippen MR) is 148 cm³/mol. The van der Waals surface area contributed by atoms with Crippen molar-refractivity contribution in [3.63, 3.8) is 0 Å². The molecule has 0 radical (unpaired) electrons.